The molecule has 0 radical (unpaired) electrons. The molecular formula is C12H14ClF2NO2. The molecule has 1 fully saturated rings. The third kappa shape index (κ3) is 3.54. The summed E-state index contributed by atoms with van der Waals surface area (Å²) < 4.78 is 29.0. The van der Waals surface area contributed by atoms with Crippen molar-refractivity contribution in [2.45, 2.75) is 25.7 Å². The second-order valence-corrected chi connectivity index (χ2v) is 4.74. The van der Waals surface area contributed by atoms with Crippen LogP contribution in [0.1, 0.15) is 12.0 Å². The highest BCUT2D eigenvalue weighted by molar-refractivity contribution is 6.30. The Labute approximate surface area is 109 Å². The Bertz CT molecular complexity index is 417. The monoisotopic (exact) mass is 277 g/mol. The molecule has 0 aromatic heterocycles. The van der Waals surface area contributed by atoms with E-state index in [1.807, 2.05) is 4.90 Å². The molecule has 0 amide bonds. The first-order chi connectivity index (χ1) is 8.54. The lowest BCUT2D eigenvalue weighted by atomic mass is 10.2. The number of aliphatic hydroxyl groups excluding tert-OH is 1. The van der Waals surface area contributed by atoms with Crippen LogP contribution in [-0.2, 0) is 6.54 Å². The van der Waals surface area contributed by atoms with Gasteiger partial charge in [-0.3, -0.25) is 4.90 Å². The minimum absolute atomic E-state index is 0.135. The third-order valence-corrected chi connectivity index (χ3v) is 3.12. The Balaban J connectivity index is 2.11. The van der Waals surface area contributed by atoms with Crippen molar-refractivity contribution in [2.24, 2.45) is 0 Å². The topological polar surface area (TPSA) is 32.7 Å². The van der Waals surface area contributed by atoms with Gasteiger partial charge < -0.3 is 9.84 Å². The number of hydrogen-bond donors (Lipinski definition) is 1. The Hall–Kier alpha value is -0.910. The van der Waals surface area contributed by atoms with Gasteiger partial charge in [0.1, 0.15) is 5.75 Å². The average Bonchev–Trinajstić information content (AvgIpc) is 2.67. The largest absolute Gasteiger partial charge is 0.434 e. The number of likely N-dealkylation sites (tertiary alicyclic amines) is 1. The molecule has 2 rings (SSSR count). The smallest absolute Gasteiger partial charge is 0.387 e. The zero-order valence-corrected chi connectivity index (χ0v) is 10.4. The van der Waals surface area contributed by atoms with E-state index in [0.29, 0.717) is 30.1 Å². The number of aliphatic hydroxyl groups is 1. The van der Waals surface area contributed by atoms with Crippen molar-refractivity contribution in [1.29, 1.82) is 0 Å². The average molecular weight is 278 g/mol. The van der Waals surface area contributed by atoms with Gasteiger partial charge in [-0.2, -0.15) is 8.78 Å². The van der Waals surface area contributed by atoms with Gasteiger partial charge in [0.15, 0.2) is 0 Å². The minimum Gasteiger partial charge on any atom is -0.434 e. The maximum atomic E-state index is 12.3. The first kappa shape index (κ1) is 13.5. The van der Waals surface area contributed by atoms with Gasteiger partial charge >= 0.3 is 6.61 Å². The van der Waals surface area contributed by atoms with Crippen molar-refractivity contribution in [2.75, 3.05) is 13.1 Å². The number of hydrogen-bond acceptors (Lipinski definition) is 3. The van der Waals surface area contributed by atoms with Crippen LogP contribution >= 0.6 is 11.6 Å². The van der Waals surface area contributed by atoms with E-state index in [2.05, 4.69) is 4.74 Å². The first-order valence-corrected chi connectivity index (χ1v) is 6.06. The zero-order valence-electron chi connectivity index (χ0n) is 9.65. The van der Waals surface area contributed by atoms with Crippen LogP contribution in [0.4, 0.5) is 8.78 Å². The lowest BCUT2D eigenvalue weighted by Gasteiger charge is -2.18. The molecule has 3 nitrogen and oxygen atoms in total. The predicted octanol–water partition coefficient (Wildman–Crippen LogP) is 2.51. The van der Waals surface area contributed by atoms with Gasteiger partial charge in [0.2, 0.25) is 0 Å². The molecule has 1 saturated heterocycles. The Kier molecular flexibility index (Phi) is 4.37. The fourth-order valence-electron chi connectivity index (χ4n) is 2.08. The summed E-state index contributed by atoms with van der Waals surface area (Å²) in [6.07, 6.45) is 0.356. The van der Waals surface area contributed by atoms with Crippen LogP contribution < -0.4 is 4.74 Å². The van der Waals surface area contributed by atoms with Crippen LogP contribution in [0.15, 0.2) is 18.2 Å². The highest BCUT2D eigenvalue weighted by atomic mass is 35.5. The Morgan fingerprint density at radius 3 is 2.89 bits per heavy atom. The van der Waals surface area contributed by atoms with Gasteiger partial charge in [0.25, 0.3) is 0 Å². The molecule has 1 heterocycles. The standard InChI is InChI=1S/C12H14ClF2NO2/c13-9-1-2-11(18-12(14)15)8(5-9)6-16-4-3-10(17)7-16/h1-2,5,10,12,17H,3-4,6-7H2/t10-/m1/s1. The van der Waals surface area contributed by atoms with Crippen molar-refractivity contribution in [3.8, 4) is 5.75 Å². The van der Waals surface area contributed by atoms with Gasteiger partial charge in [0, 0.05) is 30.2 Å². The van der Waals surface area contributed by atoms with Crippen LogP contribution in [0.3, 0.4) is 0 Å². The SMILES string of the molecule is O[C@@H]1CCN(Cc2cc(Cl)ccc2OC(F)F)C1. The van der Waals surface area contributed by atoms with Crippen LogP contribution in [0.25, 0.3) is 0 Å². The van der Waals surface area contributed by atoms with E-state index in [9.17, 15) is 13.9 Å². The van der Waals surface area contributed by atoms with E-state index in [0.717, 1.165) is 6.54 Å². The van der Waals surface area contributed by atoms with E-state index in [1.165, 1.54) is 12.1 Å². The quantitative estimate of drug-likeness (QED) is 0.918. The van der Waals surface area contributed by atoms with Gasteiger partial charge in [-0.25, -0.2) is 0 Å². The highest BCUT2D eigenvalue weighted by Gasteiger charge is 2.21. The zero-order chi connectivity index (χ0) is 13.1. The molecule has 6 heteroatoms. The molecule has 0 spiro atoms. The second-order valence-electron chi connectivity index (χ2n) is 4.31. The highest BCUT2D eigenvalue weighted by Crippen LogP contribution is 2.27. The number of benzene rings is 1. The summed E-state index contributed by atoms with van der Waals surface area (Å²) in [5.74, 6) is 0.135. The lowest BCUT2D eigenvalue weighted by molar-refractivity contribution is -0.0507. The van der Waals surface area contributed by atoms with Crippen molar-refractivity contribution < 1.29 is 18.6 Å². The van der Waals surface area contributed by atoms with Crippen LogP contribution in [-0.4, -0.2) is 35.8 Å². The minimum atomic E-state index is -2.85. The summed E-state index contributed by atoms with van der Waals surface area (Å²) in [4.78, 5) is 1.98. The molecule has 0 aliphatic carbocycles. The van der Waals surface area contributed by atoms with Crippen LogP contribution in [0.5, 0.6) is 5.75 Å². The van der Waals surface area contributed by atoms with E-state index < -0.39 is 6.61 Å². The van der Waals surface area contributed by atoms with E-state index in [1.54, 1.807) is 6.07 Å². The molecule has 100 valence electrons. The molecule has 0 saturated carbocycles. The summed E-state index contributed by atoms with van der Waals surface area (Å²) in [6.45, 7) is -1.13. The van der Waals surface area contributed by atoms with Gasteiger partial charge in [-0.15, -0.1) is 0 Å². The molecule has 1 N–H and O–H groups in total. The fraction of sp³-hybridized carbons (Fsp3) is 0.500. The Morgan fingerprint density at radius 1 is 1.50 bits per heavy atom. The lowest BCUT2D eigenvalue weighted by Crippen LogP contribution is -2.22. The van der Waals surface area contributed by atoms with Crippen molar-refractivity contribution >= 4 is 11.6 Å². The predicted molar refractivity (Wildman–Crippen MR) is 64.0 cm³/mol. The molecular weight excluding hydrogens is 264 g/mol. The molecule has 18 heavy (non-hydrogen) atoms. The molecule has 1 aliphatic heterocycles. The number of nitrogens with zero attached hydrogens (tertiary/aromatic N) is 1. The normalized spacial score (nSPS) is 20.6. The maximum absolute atomic E-state index is 12.3. The van der Waals surface area contributed by atoms with Crippen molar-refractivity contribution in [3.63, 3.8) is 0 Å². The van der Waals surface area contributed by atoms with E-state index >= 15 is 0 Å². The van der Waals surface area contributed by atoms with Crippen molar-refractivity contribution in [3.05, 3.63) is 28.8 Å². The van der Waals surface area contributed by atoms with Gasteiger partial charge in [-0.1, -0.05) is 11.6 Å². The number of β-amino-alcohol motifs (C(OH)–C–C–N with tert-alkyl or cyclic N) is 1. The summed E-state index contributed by atoms with van der Waals surface area (Å²) in [7, 11) is 0. The number of rotatable bonds is 4. The van der Waals surface area contributed by atoms with Crippen LogP contribution in [0, 0.1) is 0 Å². The third-order valence-electron chi connectivity index (χ3n) is 2.88. The molecule has 1 atom stereocenters. The fourth-order valence-corrected chi connectivity index (χ4v) is 2.27. The summed E-state index contributed by atoms with van der Waals surface area (Å²) >= 11 is 5.86. The molecule has 1 aromatic rings. The van der Waals surface area contributed by atoms with Crippen LogP contribution in [0.2, 0.25) is 5.02 Å². The number of ether oxygens (including phenoxy) is 1. The van der Waals surface area contributed by atoms with Gasteiger partial charge in [0.05, 0.1) is 6.10 Å². The number of halogens is 3. The van der Waals surface area contributed by atoms with Crippen molar-refractivity contribution in [1.82, 2.24) is 4.90 Å². The molecule has 0 bridgehead atoms. The molecule has 1 aromatic carbocycles. The van der Waals surface area contributed by atoms with E-state index in [-0.39, 0.29) is 11.9 Å². The van der Waals surface area contributed by atoms with E-state index in [4.69, 9.17) is 11.6 Å². The second kappa shape index (κ2) is 5.82. The van der Waals surface area contributed by atoms with Gasteiger partial charge in [-0.05, 0) is 24.6 Å². The molecule has 1 aliphatic rings. The summed E-state index contributed by atoms with van der Waals surface area (Å²) in [6, 6.07) is 4.57. The molecule has 0 unspecified atom stereocenters. The maximum Gasteiger partial charge on any atom is 0.387 e. The summed E-state index contributed by atoms with van der Waals surface area (Å²) in [5, 5.41) is 9.91. The first-order valence-electron chi connectivity index (χ1n) is 5.68. The number of alkyl halides is 2. The summed E-state index contributed by atoms with van der Waals surface area (Å²) in [5.41, 5.74) is 0.608. The Morgan fingerprint density at radius 2 is 2.28 bits per heavy atom.